The first-order chi connectivity index (χ1) is 9.67. The van der Waals surface area contributed by atoms with Crippen molar-refractivity contribution in [2.45, 2.75) is 19.1 Å². The third-order valence-corrected chi connectivity index (χ3v) is 2.94. The van der Waals surface area contributed by atoms with Gasteiger partial charge in [-0.25, -0.2) is 0 Å². The second-order valence-corrected chi connectivity index (χ2v) is 4.59. The van der Waals surface area contributed by atoms with Gasteiger partial charge >= 0.3 is 0 Å². The molecule has 0 fully saturated rings. The molecule has 5 heteroatoms. The Bertz CT molecular complexity index is 414. The summed E-state index contributed by atoms with van der Waals surface area (Å²) in [5.41, 5.74) is 1.73. The maximum absolute atomic E-state index is 9.76. The topological polar surface area (TPSA) is 74.5 Å². The summed E-state index contributed by atoms with van der Waals surface area (Å²) >= 11 is 0. The molecule has 0 amide bonds. The van der Waals surface area contributed by atoms with Crippen LogP contribution >= 0.6 is 0 Å². The predicted molar refractivity (Wildman–Crippen MR) is 76.3 cm³/mol. The van der Waals surface area contributed by atoms with Crippen molar-refractivity contribution in [1.29, 1.82) is 5.26 Å². The zero-order valence-corrected chi connectivity index (χ0v) is 12.0. The first-order valence-electron chi connectivity index (χ1n) is 6.65. The van der Waals surface area contributed by atoms with E-state index in [1.165, 1.54) is 0 Å². The van der Waals surface area contributed by atoms with E-state index >= 15 is 0 Å². The van der Waals surface area contributed by atoms with E-state index < -0.39 is 6.10 Å². The number of aliphatic hydroxyl groups excluding tert-OH is 1. The van der Waals surface area contributed by atoms with Gasteiger partial charge in [0.1, 0.15) is 0 Å². The molecule has 2 N–H and O–H groups in total. The van der Waals surface area contributed by atoms with Crippen molar-refractivity contribution in [3.8, 4) is 6.07 Å². The molecule has 0 aliphatic carbocycles. The number of nitriles is 1. The maximum Gasteiger partial charge on any atom is 0.0991 e. The Labute approximate surface area is 120 Å². The lowest BCUT2D eigenvalue weighted by atomic mass is 10.1. The van der Waals surface area contributed by atoms with Crippen LogP contribution in [0.25, 0.3) is 0 Å². The molecule has 0 heterocycles. The SMILES string of the molecule is COCCOCC(O)CNC(C)c1ccc(C#N)cc1. The van der Waals surface area contributed by atoms with Gasteiger partial charge in [0.2, 0.25) is 0 Å². The normalized spacial score (nSPS) is 13.7. The van der Waals surface area contributed by atoms with Crippen LogP contribution in [0, 0.1) is 11.3 Å². The number of hydrogen-bond donors (Lipinski definition) is 2. The molecule has 0 saturated carbocycles. The van der Waals surface area contributed by atoms with Crippen molar-refractivity contribution in [2.75, 3.05) is 33.5 Å². The van der Waals surface area contributed by atoms with Gasteiger partial charge in [-0.3, -0.25) is 0 Å². The smallest absolute Gasteiger partial charge is 0.0991 e. The number of aliphatic hydroxyl groups is 1. The summed E-state index contributed by atoms with van der Waals surface area (Å²) in [6.07, 6.45) is -0.548. The quantitative estimate of drug-likeness (QED) is 0.665. The molecule has 1 rings (SSSR count). The van der Waals surface area contributed by atoms with E-state index in [4.69, 9.17) is 14.7 Å². The van der Waals surface area contributed by atoms with Crippen LogP contribution in [0.4, 0.5) is 0 Å². The Balaban J connectivity index is 2.27. The molecular formula is C15H22N2O3. The number of nitrogens with one attached hydrogen (secondary N) is 1. The van der Waals surface area contributed by atoms with Gasteiger partial charge in [-0.05, 0) is 24.6 Å². The summed E-state index contributed by atoms with van der Waals surface area (Å²) in [4.78, 5) is 0. The predicted octanol–water partition coefficient (Wildman–Crippen LogP) is 1.23. The second-order valence-electron chi connectivity index (χ2n) is 4.59. The zero-order chi connectivity index (χ0) is 14.8. The van der Waals surface area contributed by atoms with Crippen molar-refractivity contribution in [2.24, 2.45) is 0 Å². The van der Waals surface area contributed by atoms with E-state index in [0.29, 0.717) is 25.3 Å². The molecular weight excluding hydrogens is 256 g/mol. The molecule has 0 aliphatic heterocycles. The Morgan fingerprint density at radius 2 is 2.00 bits per heavy atom. The van der Waals surface area contributed by atoms with Crippen molar-refractivity contribution in [3.63, 3.8) is 0 Å². The molecule has 0 aromatic heterocycles. The first-order valence-corrected chi connectivity index (χ1v) is 6.65. The van der Waals surface area contributed by atoms with E-state index in [0.717, 1.165) is 5.56 Å². The molecule has 0 aliphatic rings. The fourth-order valence-corrected chi connectivity index (χ4v) is 1.70. The van der Waals surface area contributed by atoms with E-state index in [1.807, 2.05) is 19.1 Å². The number of rotatable bonds is 9. The van der Waals surface area contributed by atoms with E-state index in [9.17, 15) is 5.11 Å². The highest BCUT2D eigenvalue weighted by Crippen LogP contribution is 2.12. The molecule has 0 radical (unpaired) electrons. The monoisotopic (exact) mass is 278 g/mol. The lowest BCUT2D eigenvalue weighted by Crippen LogP contribution is -2.32. The fourth-order valence-electron chi connectivity index (χ4n) is 1.70. The molecule has 1 aromatic rings. The molecule has 0 bridgehead atoms. The van der Waals surface area contributed by atoms with Gasteiger partial charge < -0.3 is 19.9 Å². The molecule has 20 heavy (non-hydrogen) atoms. The van der Waals surface area contributed by atoms with Gasteiger partial charge in [0.05, 0.1) is 37.6 Å². The van der Waals surface area contributed by atoms with Crippen molar-refractivity contribution in [1.82, 2.24) is 5.32 Å². The summed E-state index contributed by atoms with van der Waals surface area (Å²) in [6.45, 7) is 3.77. The number of ether oxygens (including phenoxy) is 2. The Morgan fingerprint density at radius 3 is 2.60 bits per heavy atom. The largest absolute Gasteiger partial charge is 0.389 e. The van der Waals surface area contributed by atoms with E-state index in [-0.39, 0.29) is 12.6 Å². The Hall–Kier alpha value is -1.45. The van der Waals surface area contributed by atoms with Crippen LogP contribution in [-0.4, -0.2) is 44.7 Å². The van der Waals surface area contributed by atoms with Gasteiger partial charge in [0.15, 0.2) is 0 Å². The Kier molecular flexibility index (Phi) is 7.85. The first kappa shape index (κ1) is 16.6. The lowest BCUT2D eigenvalue weighted by molar-refractivity contribution is 0.0130. The summed E-state index contributed by atoms with van der Waals surface area (Å²) in [5, 5.41) is 21.7. The van der Waals surface area contributed by atoms with Crippen LogP contribution in [-0.2, 0) is 9.47 Å². The minimum atomic E-state index is -0.548. The number of methoxy groups -OCH3 is 1. The van der Waals surface area contributed by atoms with Crippen LogP contribution < -0.4 is 5.32 Å². The third kappa shape index (κ3) is 6.13. The minimum absolute atomic E-state index is 0.108. The summed E-state index contributed by atoms with van der Waals surface area (Å²) < 4.78 is 10.1. The van der Waals surface area contributed by atoms with Crippen LogP contribution in [0.15, 0.2) is 24.3 Å². The van der Waals surface area contributed by atoms with Crippen LogP contribution in [0.2, 0.25) is 0 Å². The van der Waals surface area contributed by atoms with Crippen LogP contribution in [0.5, 0.6) is 0 Å². The molecule has 5 nitrogen and oxygen atoms in total. The van der Waals surface area contributed by atoms with Crippen molar-refractivity contribution in [3.05, 3.63) is 35.4 Å². The second kappa shape index (κ2) is 9.45. The summed E-state index contributed by atoms with van der Waals surface area (Å²) in [7, 11) is 1.61. The van der Waals surface area contributed by atoms with Gasteiger partial charge in [-0.15, -0.1) is 0 Å². The lowest BCUT2D eigenvalue weighted by Gasteiger charge is -2.17. The number of nitrogens with zero attached hydrogens (tertiary/aromatic N) is 1. The highest BCUT2D eigenvalue weighted by molar-refractivity contribution is 5.32. The van der Waals surface area contributed by atoms with Crippen LogP contribution in [0.1, 0.15) is 24.1 Å². The van der Waals surface area contributed by atoms with Crippen LogP contribution in [0.3, 0.4) is 0 Å². The third-order valence-electron chi connectivity index (χ3n) is 2.94. The molecule has 2 atom stereocenters. The van der Waals surface area contributed by atoms with Crippen molar-refractivity contribution >= 4 is 0 Å². The molecule has 1 aromatic carbocycles. The van der Waals surface area contributed by atoms with E-state index in [1.54, 1.807) is 19.2 Å². The maximum atomic E-state index is 9.76. The van der Waals surface area contributed by atoms with Gasteiger partial charge in [-0.2, -0.15) is 5.26 Å². The standard InChI is InChI=1S/C15H22N2O3/c1-12(14-5-3-13(9-16)4-6-14)17-10-15(18)11-20-8-7-19-2/h3-6,12,15,17-18H,7-8,10-11H2,1-2H3. The Morgan fingerprint density at radius 1 is 1.30 bits per heavy atom. The highest BCUT2D eigenvalue weighted by Gasteiger charge is 2.09. The number of hydrogen-bond acceptors (Lipinski definition) is 5. The summed E-state index contributed by atoms with van der Waals surface area (Å²) in [6, 6.07) is 9.61. The summed E-state index contributed by atoms with van der Waals surface area (Å²) in [5.74, 6) is 0. The highest BCUT2D eigenvalue weighted by atomic mass is 16.5. The average molecular weight is 278 g/mol. The molecule has 0 saturated heterocycles. The number of benzene rings is 1. The molecule has 110 valence electrons. The molecule has 0 spiro atoms. The molecule has 2 unspecified atom stereocenters. The van der Waals surface area contributed by atoms with Gasteiger partial charge in [-0.1, -0.05) is 12.1 Å². The zero-order valence-electron chi connectivity index (χ0n) is 12.0. The van der Waals surface area contributed by atoms with Crippen molar-refractivity contribution < 1.29 is 14.6 Å². The average Bonchev–Trinajstić information content (AvgIpc) is 2.49. The fraction of sp³-hybridized carbons (Fsp3) is 0.533. The van der Waals surface area contributed by atoms with E-state index in [2.05, 4.69) is 11.4 Å². The van der Waals surface area contributed by atoms with Gasteiger partial charge in [0, 0.05) is 19.7 Å². The van der Waals surface area contributed by atoms with Gasteiger partial charge in [0.25, 0.3) is 0 Å². The minimum Gasteiger partial charge on any atom is -0.389 e.